The molecule has 4 nitrogen and oxygen atoms in total. The smallest absolute Gasteiger partial charge is 0.159 e. The van der Waals surface area contributed by atoms with Crippen LogP contribution in [-0.4, -0.2) is 20.9 Å². The topological polar surface area (TPSA) is 63.1 Å². The molecule has 1 atom stereocenters. The Bertz CT molecular complexity index is 1200. The van der Waals surface area contributed by atoms with E-state index in [0.717, 1.165) is 38.0 Å². The number of hydrogen-bond donors (Lipinski definition) is 1. The molecule has 2 heterocycles. The highest BCUT2D eigenvalue weighted by atomic mass is 32.1. The molecule has 2 aromatic heterocycles. The Balaban J connectivity index is 1.58. The third kappa shape index (κ3) is 4.53. The number of ketones is 1. The highest BCUT2D eigenvalue weighted by Gasteiger charge is 2.10. The third-order valence-corrected chi connectivity index (χ3v) is 6.07. The van der Waals surface area contributed by atoms with Crippen molar-refractivity contribution in [1.29, 1.82) is 0 Å². The van der Waals surface area contributed by atoms with Gasteiger partial charge in [0, 0.05) is 23.1 Å². The van der Waals surface area contributed by atoms with E-state index in [9.17, 15) is 9.90 Å². The molecule has 4 aromatic rings. The first-order valence-corrected chi connectivity index (χ1v) is 10.6. The fraction of sp³-hybridized carbons (Fsp3) is 0.160. The number of carbonyl (C=O) groups is 1. The minimum Gasteiger partial charge on any atom is -0.389 e. The molecule has 0 saturated heterocycles. The summed E-state index contributed by atoms with van der Waals surface area (Å²) in [4.78, 5) is 23.0. The molecule has 0 aliphatic carbocycles. The summed E-state index contributed by atoms with van der Waals surface area (Å²) in [5.74, 6) is 0.803. The fourth-order valence-corrected chi connectivity index (χ4v) is 4.26. The molecule has 150 valence electrons. The second kappa shape index (κ2) is 8.69. The van der Waals surface area contributed by atoms with Crippen molar-refractivity contribution in [3.05, 3.63) is 95.4 Å². The number of nitrogens with zero attached hydrogens (tertiary/aromatic N) is 2. The average molecular weight is 415 g/mol. The van der Waals surface area contributed by atoms with E-state index < -0.39 is 6.10 Å². The van der Waals surface area contributed by atoms with Crippen LogP contribution in [0.3, 0.4) is 0 Å². The molecule has 5 heteroatoms. The van der Waals surface area contributed by atoms with Crippen molar-refractivity contribution < 1.29 is 9.90 Å². The maximum Gasteiger partial charge on any atom is 0.159 e. The van der Waals surface area contributed by atoms with Crippen molar-refractivity contribution in [2.45, 2.75) is 26.4 Å². The fourth-order valence-electron chi connectivity index (χ4n) is 3.29. The highest BCUT2D eigenvalue weighted by Crippen LogP contribution is 2.34. The number of hydrogen-bond acceptors (Lipinski definition) is 5. The molecule has 1 unspecified atom stereocenters. The van der Waals surface area contributed by atoms with Crippen molar-refractivity contribution in [3.8, 4) is 21.0 Å². The van der Waals surface area contributed by atoms with E-state index in [4.69, 9.17) is 4.98 Å². The van der Waals surface area contributed by atoms with Crippen LogP contribution in [0.5, 0.6) is 0 Å². The molecule has 2 aromatic carbocycles. The van der Waals surface area contributed by atoms with E-state index in [0.29, 0.717) is 12.0 Å². The number of carbonyl (C=O) groups excluding carboxylic acids is 1. The normalized spacial score (nSPS) is 12.0. The van der Waals surface area contributed by atoms with Crippen LogP contribution in [0.2, 0.25) is 0 Å². The Hall–Kier alpha value is -3.15. The summed E-state index contributed by atoms with van der Waals surface area (Å²) in [7, 11) is 0. The summed E-state index contributed by atoms with van der Waals surface area (Å²) in [5, 5.41) is 9.80. The number of thiophene rings is 1. The molecular formula is C25H22N2O2S. The summed E-state index contributed by atoms with van der Waals surface area (Å²) in [6, 6.07) is 21.6. The minimum atomic E-state index is -0.497. The first-order valence-electron chi connectivity index (χ1n) is 9.80. The Labute approximate surface area is 179 Å². The lowest BCUT2D eigenvalue weighted by molar-refractivity contribution is 0.101. The first kappa shape index (κ1) is 20.1. The van der Waals surface area contributed by atoms with E-state index >= 15 is 0 Å². The zero-order valence-corrected chi connectivity index (χ0v) is 17.7. The van der Waals surface area contributed by atoms with Gasteiger partial charge in [0.15, 0.2) is 5.78 Å². The van der Waals surface area contributed by atoms with E-state index in [1.54, 1.807) is 31.4 Å². The van der Waals surface area contributed by atoms with Crippen LogP contribution in [0.15, 0.2) is 72.9 Å². The third-order valence-electron chi connectivity index (χ3n) is 4.91. The molecule has 0 bridgehead atoms. The monoisotopic (exact) mass is 414 g/mol. The van der Waals surface area contributed by atoms with Crippen molar-refractivity contribution in [1.82, 2.24) is 9.97 Å². The van der Waals surface area contributed by atoms with Gasteiger partial charge in [0.25, 0.3) is 0 Å². The van der Waals surface area contributed by atoms with Crippen LogP contribution in [-0.2, 0) is 6.42 Å². The van der Waals surface area contributed by atoms with Gasteiger partial charge in [0.2, 0.25) is 0 Å². The van der Waals surface area contributed by atoms with Gasteiger partial charge in [0.1, 0.15) is 5.82 Å². The van der Waals surface area contributed by atoms with Gasteiger partial charge >= 0.3 is 0 Å². The molecular weight excluding hydrogens is 392 g/mol. The quantitative estimate of drug-likeness (QED) is 0.410. The lowest BCUT2D eigenvalue weighted by atomic mass is 10.0. The zero-order valence-electron chi connectivity index (χ0n) is 16.9. The van der Waals surface area contributed by atoms with Crippen LogP contribution < -0.4 is 0 Å². The van der Waals surface area contributed by atoms with Crippen molar-refractivity contribution in [3.63, 3.8) is 0 Å². The van der Waals surface area contributed by atoms with Gasteiger partial charge in [0.05, 0.1) is 16.7 Å². The van der Waals surface area contributed by atoms with E-state index in [1.807, 2.05) is 54.6 Å². The van der Waals surface area contributed by atoms with Gasteiger partial charge in [-0.2, -0.15) is 0 Å². The molecule has 0 saturated carbocycles. The molecule has 0 radical (unpaired) electrons. The Kier molecular flexibility index (Phi) is 5.84. The largest absolute Gasteiger partial charge is 0.389 e. The maximum atomic E-state index is 11.7. The lowest BCUT2D eigenvalue weighted by Crippen LogP contribution is -1.99. The van der Waals surface area contributed by atoms with Crippen molar-refractivity contribution in [2.24, 2.45) is 0 Å². The lowest BCUT2D eigenvalue weighted by Gasteiger charge is -2.07. The Morgan fingerprint density at radius 2 is 1.83 bits per heavy atom. The summed E-state index contributed by atoms with van der Waals surface area (Å²) in [6.07, 6.45) is 1.89. The molecule has 0 fully saturated rings. The number of aliphatic hydroxyl groups excluding tert-OH is 1. The van der Waals surface area contributed by atoms with Crippen molar-refractivity contribution >= 4 is 17.1 Å². The molecule has 4 rings (SSSR count). The van der Waals surface area contributed by atoms with Gasteiger partial charge in [-0.1, -0.05) is 42.5 Å². The van der Waals surface area contributed by atoms with Gasteiger partial charge in [-0.05, 0) is 54.8 Å². The predicted octanol–water partition coefficient (Wildman–Crippen LogP) is 5.72. The summed E-state index contributed by atoms with van der Waals surface area (Å²) < 4.78 is 0. The second-order valence-corrected chi connectivity index (χ2v) is 8.34. The van der Waals surface area contributed by atoms with Gasteiger partial charge < -0.3 is 5.11 Å². The Morgan fingerprint density at radius 3 is 2.63 bits per heavy atom. The van der Waals surface area contributed by atoms with Crippen LogP contribution in [0.25, 0.3) is 21.0 Å². The first-order chi connectivity index (χ1) is 14.5. The van der Waals surface area contributed by atoms with Gasteiger partial charge in [-0.25, -0.2) is 9.97 Å². The summed E-state index contributed by atoms with van der Waals surface area (Å²) >= 11 is 1.65. The molecule has 1 N–H and O–H groups in total. The van der Waals surface area contributed by atoms with Gasteiger partial charge in [-0.15, -0.1) is 11.3 Å². The SMILES string of the molecule is CC(=O)c1cccc(-c2ccc(-c3ccnc(Cc4cccc(C(C)O)c4)n3)s2)c1. The molecule has 0 amide bonds. The van der Waals surface area contributed by atoms with Crippen LogP contribution in [0, 0.1) is 0 Å². The molecule has 0 spiro atoms. The van der Waals surface area contributed by atoms with Crippen LogP contribution >= 0.6 is 11.3 Å². The van der Waals surface area contributed by atoms with Crippen molar-refractivity contribution in [2.75, 3.05) is 0 Å². The van der Waals surface area contributed by atoms with Crippen LogP contribution in [0.4, 0.5) is 0 Å². The highest BCUT2D eigenvalue weighted by molar-refractivity contribution is 7.18. The summed E-state index contributed by atoms with van der Waals surface area (Å²) in [5.41, 5.74) is 4.58. The average Bonchev–Trinajstić information content (AvgIpc) is 3.25. The maximum absolute atomic E-state index is 11.7. The number of aromatic nitrogens is 2. The second-order valence-electron chi connectivity index (χ2n) is 7.26. The van der Waals surface area contributed by atoms with E-state index in [-0.39, 0.29) is 5.78 Å². The Morgan fingerprint density at radius 1 is 1.03 bits per heavy atom. The number of aliphatic hydroxyl groups is 1. The van der Waals surface area contributed by atoms with Crippen LogP contribution in [0.1, 0.15) is 47.3 Å². The summed E-state index contributed by atoms with van der Waals surface area (Å²) in [6.45, 7) is 3.34. The molecule has 0 aliphatic heterocycles. The standard InChI is InChI=1S/C25H22N2O2S/c1-16(28)19-6-3-5-18(13-19)14-25-26-12-11-22(27-25)24-10-9-23(30-24)21-8-4-7-20(15-21)17(2)29/h3-13,15-16,28H,14H2,1-2H3. The minimum absolute atomic E-state index is 0.0636. The van der Waals surface area contributed by atoms with Gasteiger partial charge in [-0.3, -0.25) is 4.79 Å². The van der Waals surface area contributed by atoms with E-state index in [1.165, 1.54) is 0 Å². The number of benzene rings is 2. The molecule has 0 aliphatic rings. The molecule has 30 heavy (non-hydrogen) atoms. The predicted molar refractivity (Wildman–Crippen MR) is 121 cm³/mol. The van der Waals surface area contributed by atoms with E-state index in [2.05, 4.69) is 17.1 Å². The zero-order chi connectivity index (χ0) is 21.1. The number of Topliss-reactive ketones (excluding diaryl/α,β-unsaturated/α-hetero) is 1. The number of rotatable bonds is 6.